The summed E-state index contributed by atoms with van der Waals surface area (Å²) in [5.74, 6) is 4.50. The van der Waals surface area contributed by atoms with E-state index in [9.17, 15) is 4.79 Å². The summed E-state index contributed by atoms with van der Waals surface area (Å²) >= 11 is 0. The van der Waals surface area contributed by atoms with E-state index in [1.54, 1.807) is 0 Å². The number of carbonyl (C=O) groups is 1. The molecule has 0 spiro atoms. The molecule has 3 rings (SSSR count). The third kappa shape index (κ3) is 8.44. The molecule has 0 aromatic heterocycles. The van der Waals surface area contributed by atoms with Crippen molar-refractivity contribution in [3.8, 4) is 0 Å². The van der Waals surface area contributed by atoms with Gasteiger partial charge >= 0.3 is 5.97 Å². The lowest BCUT2D eigenvalue weighted by Gasteiger charge is -2.37. The van der Waals surface area contributed by atoms with Gasteiger partial charge in [-0.1, -0.05) is 59.2 Å². The van der Waals surface area contributed by atoms with Crippen molar-refractivity contribution in [2.24, 2.45) is 28.7 Å². The molecule has 38 heavy (non-hydrogen) atoms. The van der Waals surface area contributed by atoms with E-state index in [0.29, 0.717) is 5.92 Å². The van der Waals surface area contributed by atoms with Gasteiger partial charge in [-0.05, 0) is 110 Å². The number of rotatable bonds is 10. The Hall–Kier alpha value is -2.62. The number of esters is 1. The van der Waals surface area contributed by atoms with E-state index >= 15 is 0 Å². The molecule has 1 fully saturated rings. The first-order valence-corrected chi connectivity index (χ1v) is 14.7. The molecule has 0 saturated heterocycles. The first kappa shape index (κ1) is 29.9. The normalized spacial score (nSPS) is 20.2. The summed E-state index contributed by atoms with van der Waals surface area (Å²) in [5, 5.41) is 3.65. The SMILES string of the molecule is COC(=O)Cc1cc(N=C(CCCC2C[C@H](C)CC[C@H]2C(C)C)Nc2ccc(C(C)C)cc2)c(C)cc1C. The fourth-order valence-corrected chi connectivity index (χ4v) is 6.10. The minimum Gasteiger partial charge on any atom is -0.469 e. The molecule has 0 heterocycles. The number of hydrogen-bond donors (Lipinski definition) is 1. The van der Waals surface area contributed by atoms with Gasteiger partial charge in [0.15, 0.2) is 0 Å². The van der Waals surface area contributed by atoms with Crippen LogP contribution in [0.15, 0.2) is 41.4 Å². The number of amidine groups is 1. The first-order valence-electron chi connectivity index (χ1n) is 14.7. The standard InChI is InChI=1S/C34H50N2O2/c1-22(2)27-13-15-30(16-14-27)35-33(11-9-10-28-18-24(5)12-17-31(28)23(3)4)36-32-20-29(21-34(37)38-8)25(6)19-26(32)7/h13-16,19-20,22-24,28,31H,9-12,17-18,21H2,1-8H3,(H,35,36)/t24-,28?,31+/m1/s1. The van der Waals surface area contributed by atoms with Gasteiger partial charge in [0, 0.05) is 12.1 Å². The predicted molar refractivity (Wildman–Crippen MR) is 162 cm³/mol. The average Bonchev–Trinajstić information content (AvgIpc) is 2.86. The fraction of sp³-hybridized carbons (Fsp3) is 0.588. The molecule has 1 saturated carbocycles. The van der Waals surface area contributed by atoms with Crippen molar-refractivity contribution in [1.82, 2.24) is 0 Å². The third-order valence-electron chi connectivity index (χ3n) is 8.49. The number of ether oxygens (including phenoxy) is 1. The number of hydrogen-bond acceptors (Lipinski definition) is 3. The van der Waals surface area contributed by atoms with Gasteiger partial charge in [0.2, 0.25) is 0 Å². The molecule has 2 aromatic rings. The van der Waals surface area contributed by atoms with E-state index in [-0.39, 0.29) is 12.4 Å². The van der Waals surface area contributed by atoms with Crippen LogP contribution >= 0.6 is 0 Å². The molecular formula is C34H50N2O2. The number of aryl methyl sites for hydroxylation is 2. The summed E-state index contributed by atoms with van der Waals surface area (Å²) in [4.78, 5) is 17.1. The molecule has 3 atom stereocenters. The number of carbonyl (C=O) groups excluding carboxylic acids is 1. The van der Waals surface area contributed by atoms with Gasteiger partial charge in [-0.25, -0.2) is 4.99 Å². The second kappa shape index (κ2) is 14.0. The van der Waals surface area contributed by atoms with Crippen molar-refractivity contribution >= 4 is 23.2 Å². The second-order valence-electron chi connectivity index (χ2n) is 12.3. The number of anilines is 1. The van der Waals surface area contributed by atoms with Crippen LogP contribution in [-0.2, 0) is 16.0 Å². The fourth-order valence-electron chi connectivity index (χ4n) is 6.10. The predicted octanol–water partition coefficient (Wildman–Crippen LogP) is 9.16. The highest BCUT2D eigenvalue weighted by molar-refractivity contribution is 5.97. The molecule has 1 N–H and O–H groups in total. The van der Waals surface area contributed by atoms with Crippen LogP contribution in [0.5, 0.6) is 0 Å². The summed E-state index contributed by atoms with van der Waals surface area (Å²) in [5.41, 5.74) is 6.50. The van der Waals surface area contributed by atoms with E-state index in [1.807, 2.05) is 6.92 Å². The van der Waals surface area contributed by atoms with E-state index in [1.165, 1.54) is 38.4 Å². The Balaban J connectivity index is 1.84. The van der Waals surface area contributed by atoms with Crippen LogP contribution in [0.1, 0.15) is 101 Å². The molecule has 0 radical (unpaired) electrons. The summed E-state index contributed by atoms with van der Waals surface area (Å²) in [6, 6.07) is 12.9. The minimum atomic E-state index is -0.225. The molecule has 1 unspecified atom stereocenters. The first-order chi connectivity index (χ1) is 18.1. The second-order valence-corrected chi connectivity index (χ2v) is 12.3. The minimum absolute atomic E-state index is 0.225. The molecule has 1 aliphatic rings. The maximum Gasteiger partial charge on any atom is 0.309 e. The van der Waals surface area contributed by atoms with Gasteiger partial charge in [-0.3, -0.25) is 4.79 Å². The summed E-state index contributed by atoms with van der Waals surface area (Å²) < 4.78 is 4.92. The van der Waals surface area contributed by atoms with Gasteiger partial charge in [-0.15, -0.1) is 0 Å². The molecule has 1 aliphatic carbocycles. The zero-order valence-corrected chi connectivity index (χ0v) is 25.1. The van der Waals surface area contributed by atoms with E-state index < -0.39 is 0 Å². The zero-order chi connectivity index (χ0) is 27.8. The highest BCUT2D eigenvalue weighted by Gasteiger charge is 2.30. The van der Waals surface area contributed by atoms with Gasteiger partial charge < -0.3 is 10.1 Å². The Bertz CT molecular complexity index is 1080. The van der Waals surface area contributed by atoms with Crippen molar-refractivity contribution in [3.63, 3.8) is 0 Å². The maximum atomic E-state index is 12.0. The van der Waals surface area contributed by atoms with Crippen LogP contribution in [0, 0.1) is 37.5 Å². The number of nitrogens with one attached hydrogen (secondary N) is 1. The van der Waals surface area contributed by atoms with Crippen LogP contribution in [-0.4, -0.2) is 18.9 Å². The smallest absolute Gasteiger partial charge is 0.309 e. The Kier molecular flexibility index (Phi) is 11.0. The van der Waals surface area contributed by atoms with Gasteiger partial charge in [0.05, 0.1) is 19.2 Å². The van der Waals surface area contributed by atoms with Gasteiger partial charge in [0.25, 0.3) is 0 Å². The maximum absolute atomic E-state index is 12.0. The van der Waals surface area contributed by atoms with Crippen molar-refractivity contribution in [2.45, 2.75) is 99.3 Å². The molecule has 0 amide bonds. The lowest BCUT2D eigenvalue weighted by molar-refractivity contribution is -0.139. The molecule has 0 bridgehead atoms. The van der Waals surface area contributed by atoms with Crippen molar-refractivity contribution in [3.05, 3.63) is 58.7 Å². The quantitative estimate of drug-likeness (QED) is 0.194. The average molecular weight is 519 g/mol. The number of benzene rings is 2. The monoisotopic (exact) mass is 518 g/mol. The van der Waals surface area contributed by atoms with Crippen LogP contribution in [0.2, 0.25) is 0 Å². The topological polar surface area (TPSA) is 50.7 Å². The van der Waals surface area contributed by atoms with Crippen LogP contribution < -0.4 is 5.32 Å². The number of methoxy groups -OCH3 is 1. The summed E-state index contributed by atoms with van der Waals surface area (Å²) in [6.45, 7) is 15.8. The molecule has 4 nitrogen and oxygen atoms in total. The Morgan fingerprint density at radius 2 is 1.76 bits per heavy atom. The van der Waals surface area contributed by atoms with E-state index in [0.717, 1.165) is 70.4 Å². The molecular weight excluding hydrogens is 468 g/mol. The summed E-state index contributed by atoms with van der Waals surface area (Å²) in [6.07, 6.45) is 7.64. The molecule has 4 heteroatoms. The van der Waals surface area contributed by atoms with Gasteiger partial charge in [-0.2, -0.15) is 0 Å². The van der Waals surface area contributed by atoms with Crippen LogP contribution in [0.25, 0.3) is 0 Å². The largest absolute Gasteiger partial charge is 0.469 e. The molecule has 2 aromatic carbocycles. The van der Waals surface area contributed by atoms with Crippen molar-refractivity contribution in [1.29, 1.82) is 0 Å². The van der Waals surface area contributed by atoms with Crippen LogP contribution in [0.3, 0.4) is 0 Å². The van der Waals surface area contributed by atoms with Crippen molar-refractivity contribution < 1.29 is 9.53 Å². The van der Waals surface area contributed by atoms with Crippen LogP contribution in [0.4, 0.5) is 11.4 Å². The Morgan fingerprint density at radius 1 is 1.05 bits per heavy atom. The highest BCUT2D eigenvalue weighted by Crippen LogP contribution is 2.40. The van der Waals surface area contributed by atoms with Crippen molar-refractivity contribution in [2.75, 3.05) is 12.4 Å². The molecule has 208 valence electrons. The number of nitrogens with zero attached hydrogens (tertiary/aromatic N) is 1. The number of aliphatic imine (C=N–C) groups is 1. The van der Waals surface area contributed by atoms with E-state index in [2.05, 4.69) is 83.3 Å². The lowest BCUT2D eigenvalue weighted by atomic mass is 9.68. The van der Waals surface area contributed by atoms with Gasteiger partial charge in [0.1, 0.15) is 5.84 Å². The highest BCUT2D eigenvalue weighted by atomic mass is 16.5. The third-order valence-corrected chi connectivity index (χ3v) is 8.49. The summed E-state index contributed by atoms with van der Waals surface area (Å²) in [7, 11) is 1.44. The Labute approximate surface area is 231 Å². The van der Waals surface area contributed by atoms with E-state index in [4.69, 9.17) is 9.73 Å². The Morgan fingerprint density at radius 3 is 2.39 bits per heavy atom. The lowest BCUT2D eigenvalue weighted by Crippen LogP contribution is -2.27. The zero-order valence-electron chi connectivity index (χ0n) is 25.1. The molecule has 0 aliphatic heterocycles.